The van der Waals surface area contributed by atoms with E-state index in [4.69, 9.17) is 0 Å². The maximum atomic E-state index is 12.9. The van der Waals surface area contributed by atoms with Crippen LogP contribution in [0.5, 0.6) is 0 Å². The van der Waals surface area contributed by atoms with E-state index in [0.29, 0.717) is 5.56 Å². The average Bonchev–Trinajstić information content (AvgIpc) is 2.68. The van der Waals surface area contributed by atoms with Crippen LogP contribution in [0.2, 0.25) is 0 Å². The van der Waals surface area contributed by atoms with Crippen LogP contribution in [0.3, 0.4) is 0 Å². The lowest BCUT2D eigenvalue weighted by Crippen LogP contribution is -2.36. The summed E-state index contributed by atoms with van der Waals surface area (Å²) in [6, 6.07) is 10.2. The number of aromatic carboxylic acids is 1. The van der Waals surface area contributed by atoms with Gasteiger partial charge < -0.3 is 15.2 Å². The van der Waals surface area contributed by atoms with E-state index in [0.717, 1.165) is 32.1 Å². The Morgan fingerprint density at radius 1 is 1.03 bits per heavy atom. The van der Waals surface area contributed by atoms with E-state index in [-0.39, 0.29) is 27.8 Å². The predicted molar refractivity (Wildman–Crippen MR) is 107 cm³/mol. The van der Waals surface area contributed by atoms with Gasteiger partial charge in [-0.05, 0) is 43.5 Å². The van der Waals surface area contributed by atoms with Gasteiger partial charge in [-0.15, -0.1) is 0 Å². The lowest BCUT2D eigenvalue weighted by atomic mass is 9.96. The number of para-hydroxylation sites is 1. The molecule has 3 rings (SSSR count). The SMILES string of the molecule is Cc1ccc(C(=O)Nc2ccccc2C(=O)[O-])cc1S(=O)(=O)NC1CCCCC1. The second-order valence-corrected chi connectivity index (χ2v) is 8.91. The van der Waals surface area contributed by atoms with E-state index in [1.165, 1.54) is 30.3 Å². The Morgan fingerprint density at radius 3 is 2.41 bits per heavy atom. The molecular weight excluding hydrogens is 392 g/mol. The highest BCUT2D eigenvalue weighted by Gasteiger charge is 2.24. The predicted octanol–water partition coefficient (Wildman–Crippen LogP) is 2.22. The van der Waals surface area contributed by atoms with Crippen molar-refractivity contribution >= 4 is 27.6 Å². The van der Waals surface area contributed by atoms with Gasteiger partial charge >= 0.3 is 0 Å². The molecule has 8 heteroatoms. The highest BCUT2D eigenvalue weighted by Crippen LogP contribution is 2.23. The van der Waals surface area contributed by atoms with Gasteiger partial charge in [-0.2, -0.15) is 0 Å². The lowest BCUT2D eigenvalue weighted by Gasteiger charge is -2.23. The fraction of sp³-hybridized carbons (Fsp3) is 0.333. The molecule has 154 valence electrons. The van der Waals surface area contributed by atoms with Gasteiger partial charge in [0.05, 0.1) is 16.6 Å². The first-order valence-electron chi connectivity index (χ1n) is 9.52. The molecule has 2 N–H and O–H groups in total. The second kappa shape index (κ2) is 8.75. The summed E-state index contributed by atoms with van der Waals surface area (Å²) in [6.45, 7) is 1.67. The molecule has 0 aromatic heterocycles. The third-order valence-electron chi connectivity index (χ3n) is 5.06. The van der Waals surface area contributed by atoms with E-state index in [1.54, 1.807) is 19.1 Å². The number of carbonyl (C=O) groups is 2. The zero-order valence-electron chi connectivity index (χ0n) is 16.1. The maximum absolute atomic E-state index is 12.9. The van der Waals surface area contributed by atoms with Crippen LogP contribution < -0.4 is 15.1 Å². The number of amides is 1. The molecule has 0 bridgehead atoms. The Hall–Kier alpha value is -2.71. The molecule has 2 aromatic rings. The van der Waals surface area contributed by atoms with Crippen molar-refractivity contribution < 1.29 is 23.1 Å². The van der Waals surface area contributed by atoms with Crippen LogP contribution in [0.4, 0.5) is 5.69 Å². The number of carbonyl (C=O) groups excluding carboxylic acids is 2. The number of hydrogen-bond donors (Lipinski definition) is 2. The summed E-state index contributed by atoms with van der Waals surface area (Å²) in [5, 5.41) is 13.7. The van der Waals surface area contributed by atoms with Gasteiger partial charge in [0, 0.05) is 17.2 Å². The minimum atomic E-state index is -3.78. The molecule has 1 aliphatic rings. The molecule has 0 aliphatic heterocycles. The van der Waals surface area contributed by atoms with E-state index >= 15 is 0 Å². The molecule has 1 saturated carbocycles. The molecule has 1 fully saturated rings. The summed E-state index contributed by atoms with van der Waals surface area (Å²) in [4.78, 5) is 23.9. The number of carboxylic acids is 1. The van der Waals surface area contributed by atoms with Gasteiger partial charge in [0.25, 0.3) is 5.91 Å². The maximum Gasteiger partial charge on any atom is 0.255 e. The van der Waals surface area contributed by atoms with E-state index in [1.807, 2.05) is 0 Å². The molecule has 1 aliphatic carbocycles. The normalized spacial score (nSPS) is 15.1. The topological polar surface area (TPSA) is 115 Å². The fourth-order valence-electron chi connectivity index (χ4n) is 3.50. The largest absolute Gasteiger partial charge is 0.545 e. The number of sulfonamides is 1. The van der Waals surface area contributed by atoms with Crippen LogP contribution in [0.1, 0.15) is 58.4 Å². The van der Waals surface area contributed by atoms with Crippen molar-refractivity contribution in [1.29, 1.82) is 0 Å². The van der Waals surface area contributed by atoms with E-state index in [2.05, 4.69) is 10.0 Å². The van der Waals surface area contributed by atoms with Gasteiger partial charge in [-0.25, -0.2) is 13.1 Å². The minimum absolute atomic E-state index is 0.0453. The summed E-state index contributed by atoms with van der Waals surface area (Å²) < 4.78 is 28.5. The van der Waals surface area contributed by atoms with Crippen molar-refractivity contribution in [2.24, 2.45) is 0 Å². The number of anilines is 1. The summed E-state index contributed by atoms with van der Waals surface area (Å²) in [5.41, 5.74) is 0.579. The lowest BCUT2D eigenvalue weighted by molar-refractivity contribution is -0.254. The molecule has 0 unspecified atom stereocenters. The Balaban J connectivity index is 1.85. The number of hydrogen-bond acceptors (Lipinski definition) is 5. The molecule has 1 amide bonds. The Morgan fingerprint density at radius 2 is 1.72 bits per heavy atom. The number of benzene rings is 2. The molecule has 0 atom stereocenters. The van der Waals surface area contributed by atoms with Crippen molar-refractivity contribution in [3.63, 3.8) is 0 Å². The van der Waals surface area contributed by atoms with Crippen molar-refractivity contribution in [3.05, 3.63) is 59.2 Å². The first kappa shape index (κ1) is 21.0. The number of aryl methyl sites for hydroxylation is 1. The van der Waals surface area contributed by atoms with Crippen LogP contribution in [0.15, 0.2) is 47.4 Å². The highest BCUT2D eigenvalue weighted by molar-refractivity contribution is 7.89. The van der Waals surface area contributed by atoms with E-state index in [9.17, 15) is 23.1 Å². The third-order valence-corrected chi connectivity index (χ3v) is 6.72. The quantitative estimate of drug-likeness (QED) is 0.751. The van der Waals surface area contributed by atoms with Crippen molar-refractivity contribution in [2.75, 3.05) is 5.32 Å². The Kier molecular flexibility index (Phi) is 6.34. The molecule has 0 radical (unpaired) electrons. The smallest absolute Gasteiger partial charge is 0.255 e. The zero-order chi connectivity index (χ0) is 21.0. The van der Waals surface area contributed by atoms with Crippen LogP contribution >= 0.6 is 0 Å². The minimum Gasteiger partial charge on any atom is -0.545 e. The molecular formula is C21H23N2O5S-. The molecule has 0 saturated heterocycles. The van der Waals surface area contributed by atoms with Crippen LogP contribution in [0, 0.1) is 6.92 Å². The van der Waals surface area contributed by atoms with Crippen molar-refractivity contribution in [3.8, 4) is 0 Å². The number of carboxylic acid groups (broad SMARTS) is 1. The molecule has 0 spiro atoms. The Labute approximate surface area is 170 Å². The van der Waals surface area contributed by atoms with Gasteiger partial charge in [0.1, 0.15) is 0 Å². The summed E-state index contributed by atoms with van der Waals surface area (Å²) >= 11 is 0. The molecule has 7 nitrogen and oxygen atoms in total. The third kappa shape index (κ3) is 5.02. The van der Waals surface area contributed by atoms with Crippen LogP contribution in [-0.4, -0.2) is 26.3 Å². The zero-order valence-corrected chi connectivity index (χ0v) is 16.9. The molecule has 0 heterocycles. The van der Waals surface area contributed by atoms with Gasteiger partial charge in [-0.1, -0.05) is 43.5 Å². The van der Waals surface area contributed by atoms with Crippen LogP contribution in [-0.2, 0) is 10.0 Å². The van der Waals surface area contributed by atoms with Gasteiger partial charge in [-0.3, -0.25) is 4.79 Å². The van der Waals surface area contributed by atoms with Crippen molar-refractivity contribution in [2.45, 2.75) is 50.0 Å². The van der Waals surface area contributed by atoms with Crippen LogP contribution in [0.25, 0.3) is 0 Å². The number of rotatable bonds is 6. The first-order chi connectivity index (χ1) is 13.8. The second-order valence-electron chi connectivity index (χ2n) is 7.22. The monoisotopic (exact) mass is 415 g/mol. The summed E-state index contributed by atoms with van der Waals surface area (Å²) in [6.07, 6.45) is 4.70. The average molecular weight is 415 g/mol. The van der Waals surface area contributed by atoms with Gasteiger partial charge in [0.2, 0.25) is 10.0 Å². The highest BCUT2D eigenvalue weighted by atomic mass is 32.2. The number of nitrogens with one attached hydrogen (secondary N) is 2. The fourth-order valence-corrected chi connectivity index (χ4v) is 5.07. The van der Waals surface area contributed by atoms with Gasteiger partial charge in [0.15, 0.2) is 0 Å². The molecule has 29 heavy (non-hydrogen) atoms. The summed E-state index contributed by atoms with van der Waals surface area (Å²) in [7, 11) is -3.78. The van der Waals surface area contributed by atoms with E-state index < -0.39 is 21.9 Å². The summed E-state index contributed by atoms with van der Waals surface area (Å²) in [5.74, 6) is -2.02. The Bertz CT molecular complexity index is 1030. The standard InChI is InChI=1S/C21H24N2O5S/c1-14-11-12-15(20(24)22-18-10-6-5-9-17(18)21(25)26)13-19(14)29(27,28)23-16-7-3-2-4-8-16/h5-6,9-13,16,23H,2-4,7-8H2,1H3,(H,22,24)(H,25,26)/p-1. The molecule has 2 aromatic carbocycles. The first-order valence-corrected chi connectivity index (χ1v) is 11.0. The van der Waals surface area contributed by atoms with Crippen molar-refractivity contribution in [1.82, 2.24) is 4.72 Å².